The van der Waals surface area contributed by atoms with Crippen LogP contribution in [0.2, 0.25) is 0 Å². The number of hydrogen-bond donors (Lipinski definition) is 0. The highest BCUT2D eigenvalue weighted by Crippen LogP contribution is 2.32. The molecule has 182 valence electrons. The van der Waals surface area contributed by atoms with E-state index in [0.29, 0.717) is 0 Å². The molecule has 0 saturated carbocycles. The molecule has 0 N–H and O–H groups in total. The molecule has 2 heteroatoms. The summed E-state index contributed by atoms with van der Waals surface area (Å²) in [4.78, 5) is 0. The molecule has 0 aliphatic heterocycles. The molecule has 6 aromatic rings. The van der Waals surface area contributed by atoms with Gasteiger partial charge in [0.05, 0.1) is 5.52 Å². The second kappa shape index (κ2) is 10.1. The third-order valence-corrected chi connectivity index (χ3v) is 6.81. The smallest absolute Gasteiger partial charge is 0.136 e. The van der Waals surface area contributed by atoms with Crippen molar-refractivity contribution < 1.29 is 4.42 Å². The zero-order chi connectivity index (χ0) is 25.9. The molecule has 0 saturated heterocycles. The number of hydrogen-bond acceptors (Lipinski definition) is 1. The molecule has 0 radical (unpaired) electrons. The highest BCUT2D eigenvalue weighted by atomic mass is 16.3. The van der Waals surface area contributed by atoms with Crippen molar-refractivity contribution in [1.82, 2.24) is 4.57 Å². The SMILES string of the molecule is C=C/C=C(/c1ccc(/C(C=C)=C/c2cn(-c3ccccc3)c3ccccc23)cc1)c1cc2ccccc2o1. The molecule has 2 nitrogen and oxygen atoms in total. The highest BCUT2D eigenvalue weighted by Gasteiger charge is 2.12. The maximum absolute atomic E-state index is 6.15. The second-order valence-corrected chi connectivity index (χ2v) is 9.15. The van der Waals surface area contributed by atoms with E-state index >= 15 is 0 Å². The summed E-state index contributed by atoms with van der Waals surface area (Å²) < 4.78 is 8.39. The van der Waals surface area contributed by atoms with E-state index in [1.807, 2.05) is 36.4 Å². The van der Waals surface area contributed by atoms with Gasteiger partial charge in [-0.15, -0.1) is 0 Å². The van der Waals surface area contributed by atoms with Gasteiger partial charge in [-0.1, -0.05) is 110 Å². The predicted molar refractivity (Wildman–Crippen MR) is 161 cm³/mol. The standard InChI is InChI=1S/C36H27NO/c1-3-12-33(36-24-29-13-8-11-18-35(29)38-36)28-21-19-27(20-22-28)26(4-2)23-30-25-37(31-14-6-5-7-15-31)34-17-10-9-16-32(30)34/h3-25H,1-2H2/b26-23+,33-12-. The molecule has 0 unspecified atom stereocenters. The Morgan fingerprint density at radius 3 is 2.21 bits per heavy atom. The molecule has 0 amide bonds. The molecule has 38 heavy (non-hydrogen) atoms. The lowest BCUT2D eigenvalue weighted by Gasteiger charge is -2.08. The first kappa shape index (κ1) is 23.3. The van der Waals surface area contributed by atoms with Crippen molar-refractivity contribution in [2.45, 2.75) is 0 Å². The summed E-state index contributed by atoms with van der Waals surface area (Å²) in [6.07, 6.45) is 10.1. The second-order valence-electron chi connectivity index (χ2n) is 9.15. The minimum atomic E-state index is 0.826. The first-order valence-electron chi connectivity index (χ1n) is 12.7. The number of allylic oxidation sites excluding steroid dienone is 4. The van der Waals surface area contributed by atoms with E-state index < -0.39 is 0 Å². The van der Waals surface area contributed by atoms with E-state index in [-0.39, 0.29) is 0 Å². The molecule has 0 atom stereocenters. The molecular weight excluding hydrogens is 462 g/mol. The van der Waals surface area contributed by atoms with Crippen LogP contribution >= 0.6 is 0 Å². The van der Waals surface area contributed by atoms with E-state index in [1.54, 1.807) is 6.08 Å². The molecule has 0 bridgehead atoms. The van der Waals surface area contributed by atoms with Crippen molar-refractivity contribution in [1.29, 1.82) is 0 Å². The van der Waals surface area contributed by atoms with E-state index in [1.165, 1.54) is 10.9 Å². The van der Waals surface area contributed by atoms with Gasteiger partial charge < -0.3 is 8.98 Å². The maximum Gasteiger partial charge on any atom is 0.136 e. The van der Waals surface area contributed by atoms with Crippen molar-refractivity contribution in [3.63, 3.8) is 0 Å². The minimum Gasteiger partial charge on any atom is -0.456 e. The molecule has 0 aliphatic rings. The van der Waals surface area contributed by atoms with Crippen LogP contribution in [0.25, 0.3) is 44.8 Å². The monoisotopic (exact) mass is 489 g/mol. The molecule has 0 aliphatic carbocycles. The van der Waals surface area contributed by atoms with Crippen molar-refractivity contribution in [3.05, 3.63) is 169 Å². The molecule has 2 aromatic heterocycles. The average Bonchev–Trinajstić information content (AvgIpc) is 3.57. The molecule has 0 spiro atoms. The Balaban J connectivity index is 1.38. The van der Waals surface area contributed by atoms with E-state index in [4.69, 9.17) is 4.42 Å². The molecule has 2 heterocycles. The summed E-state index contributed by atoms with van der Waals surface area (Å²) >= 11 is 0. The molecular formula is C36H27NO. The van der Waals surface area contributed by atoms with Gasteiger partial charge in [-0.3, -0.25) is 0 Å². The van der Waals surface area contributed by atoms with Gasteiger partial charge >= 0.3 is 0 Å². The predicted octanol–water partition coefficient (Wildman–Crippen LogP) is 9.72. The van der Waals surface area contributed by atoms with Crippen LogP contribution in [-0.2, 0) is 0 Å². The number of furan rings is 1. The topological polar surface area (TPSA) is 18.1 Å². The highest BCUT2D eigenvalue weighted by molar-refractivity contribution is 5.98. The Hall–Kier alpha value is -5.08. The van der Waals surface area contributed by atoms with Gasteiger partial charge in [0, 0.05) is 33.8 Å². The summed E-state index contributed by atoms with van der Waals surface area (Å²) in [5.74, 6) is 0.826. The van der Waals surface area contributed by atoms with Gasteiger partial charge in [0.15, 0.2) is 0 Å². The number of fused-ring (bicyclic) bond motifs is 2. The van der Waals surface area contributed by atoms with Gasteiger partial charge in [0.25, 0.3) is 0 Å². The van der Waals surface area contributed by atoms with Crippen LogP contribution in [-0.4, -0.2) is 4.57 Å². The van der Waals surface area contributed by atoms with Gasteiger partial charge in [-0.05, 0) is 53.1 Å². The number of aromatic nitrogens is 1. The Morgan fingerprint density at radius 2 is 1.45 bits per heavy atom. The van der Waals surface area contributed by atoms with Gasteiger partial charge in [-0.25, -0.2) is 0 Å². The largest absolute Gasteiger partial charge is 0.456 e. The van der Waals surface area contributed by atoms with Crippen molar-refractivity contribution >= 4 is 39.1 Å². The Labute approximate surface area is 222 Å². The van der Waals surface area contributed by atoms with Crippen LogP contribution in [0.5, 0.6) is 0 Å². The zero-order valence-electron chi connectivity index (χ0n) is 21.0. The Kier molecular flexibility index (Phi) is 6.21. The van der Waals surface area contributed by atoms with Crippen LogP contribution in [0.3, 0.4) is 0 Å². The molecule has 4 aromatic carbocycles. The fourth-order valence-electron chi connectivity index (χ4n) is 4.95. The lowest BCUT2D eigenvalue weighted by atomic mass is 9.97. The van der Waals surface area contributed by atoms with Crippen LogP contribution in [0.15, 0.2) is 151 Å². The third kappa shape index (κ3) is 4.33. The zero-order valence-corrected chi connectivity index (χ0v) is 21.0. The summed E-state index contributed by atoms with van der Waals surface area (Å²) in [5.41, 5.74) is 8.57. The minimum absolute atomic E-state index is 0.826. The van der Waals surface area contributed by atoms with Crippen molar-refractivity contribution in [3.8, 4) is 5.69 Å². The maximum atomic E-state index is 6.15. The van der Waals surface area contributed by atoms with Crippen LogP contribution < -0.4 is 0 Å². The van der Waals surface area contributed by atoms with Crippen molar-refractivity contribution in [2.24, 2.45) is 0 Å². The molecule has 0 fully saturated rings. The summed E-state index contributed by atoms with van der Waals surface area (Å²) in [6, 6.07) is 37.6. The van der Waals surface area contributed by atoms with Gasteiger partial charge in [-0.2, -0.15) is 0 Å². The third-order valence-electron chi connectivity index (χ3n) is 6.81. The number of benzene rings is 4. The average molecular weight is 490 g/mol. The fourth-order valence-corrected chi connectivity index (χ4v) is 4.95. The van der Waals surface area contributed by atoms with Gasteiger partial charge in [0.2, 0.25) is 0 Å². The lowest BCUT2D eigenvalue weighted by molar-refractivity contribution is 0.600. The Bertz CT molecular complexity index is 1790. The van der Waals surface area contributed by atoms with E-state index in [0.717, 1.165) is 50.3 Å². The van der Waals surface area contributed by atoms with E-state index in [9.17, 15) is 0 Å². The van der Waals surface area contributed by atoms with Crippen molar-refractivity contribution in [2.75, 3.05) is 0 Å². The Morgan fingerprint density at radius 1 is 0.737 bits per heavy atom. The summed E-state index contributed by atoms with van der Waals surface area (Å²) in [7, 11) is 0. The summed E-state index contributed by atoms with van der Waals surface area (Å²) in [6.45, 7) is 8.04. The fraction of sp³-hybridized carbons (Fsp3) is 0. The van der Waals surface area contributed by atoms with Crippen LogP contribution in [0, 0.1) is 0 Å². The number of nitrogens with zero attached hydrogens (tertiary/aromatic N) is 1. The lowest BCUT2D eigenvalue weighted by Crippen LogP contribution is -1.90. The quantitative estimate of drug-likeness (QED) is 0.204. The first-order chi connectivity index (χ1) is 18.7. The van der Waals surface area contributed by atoms with Gasteiger partial charge in [0.1, 0.15) is 11.3 Å². The normalized spacial score (nSPS) is 12.2. The number of para-hydroxylation sites is 3. The first-order valence-corrected chi connectivity index (χ1v) is 12.7. The molecule has 6 rings (SSSR count). The number of rotatable bonds is 7. The summed E-state index contributed by atoms with van der Waals surface area (Å²) in [5, 5.41) is 2.29. The van der Waals surface area contributed by atoms with Crippen LogP contribution in [0.1, 0.15) is 22.5 Å². The van der Waals surface area contributed by atoms with E-state index in [2.05, 4.69) is 115 Å². The van der Waals surface area contributed by atoms with Crippen LogP contribution in [0.4, 0.5) is 0 Å².